The Morgan fingerprint density at radius 2 is 1.61 bits per heavy atom. The molecule has 0 aromatic heterocycles. The van der Waals surface area contributed by atoms with Crippen LogP contribution in [-0.4, -0.2) is 0 Å². The van der Waals surface area contributed by atoms with Crippen molar-refractivity contribution in [3.8, 4) is 11.5 Å². The molecule has 2 rings (SSSR count). The van der Waals surface area contributed by atoms with E-state index in [2.05, 4.69) is 15.9 Å². The number of benzene rings is 2. The molecule has 0 radical (unpaired) electrons. The molecule has 2 aromatic carbocycles. The maximum Gasteiger partial charge on any atom is 0.127 e. The van der Waals surface area contributed by atoms with Gasteiger partial charge in [-0.1, -0.05) is 22.0 Å². The van der Waals surface area contributed by atoms with Gasteiger partial charge < -0.3 is 10.5 Å². The van der Waals surface area contributed by atoms with Crippen LogP contribution in [0.4, 0.5) is 0 Å². The first-order valence-corrected chi connectivity index (χ1v) is 6.63. The molecule has 0 unspecified atom stereocenters. The lowest BCUT2D eigenvalue weighted by Gasteiger charge is -2.10. The summed E-state index contributed by atoms with van der Waals surface area (Å²) in [4.78, 5) is 0. The Morgan fingerprint density at radius 3 is 2.17 bits per heavy atom. The zero-order valence-electron chi connectivity index (χ0n) is 10.5. The normalized spacial score (nSPS) is 10.4. The lowest BCUT2D eigenvalue weighted by atomic mass is 10.1. The van der Waals surface area contributed by atoms with Crippen molar-refractivity contribution in [2.75, 3.05) is 0 Å². The molecule has 18 heavy (non-hydrogen) atoms. The van der Waals surface area contributed by atoms with Gasteiger partial charge in [0.25, 0.3) is 0 Å². The maximum absolute atomic E-state index is 5.83. The molecule has 0 saturated heterocycles. The molecule has 94 valence electrons. The van der Waals surface area contributed by atoms with Crippen molar-refractivity contribution in [1.29, 1.82) is 0 Å². The summed E-state index contributed by atoms with van der Waals surface area (Å²) in [6.07, 6.45) is 0. The fourth-order valence-electron chi connectivity index (χ4n) is 1.78. The van der Waals surface area contributed by atoms with Crippen LogP contribution in [0.1, 0.15) is 16.7 Å². The predicted octanol–water partition coefficient (Wildman–Crippen LogP) is 4.32. The third kappa shape index (κ3) is 2.92. The average Bonchev–Trinajstić information content (AvgIpc) is 2.34. The highest BCUT2D eigenvalue weighted by atomic mass is 79.9. The summed E-state index contributed by atoms with van der Waals surface area (Å²) in [5, 5.41) is 0. The third-order valence-electron chi connectivity index (χ3n) is 2.90. The van der Waals surface area contributed by atoms with Crippen molar-refractivity contribution < 1.29 is 4.74 Å². The lowest BCUT2D eigenvalue weighted by Crippen LogP contribution is -1.98. The maximum atomic E-state index is 5.83. The highest BCUT2D eigenvalue weighted by Crippen LogP contribution is 2.27. The van der Waals surface area contributed by atoms with Crippen LogP contribution in [0.3, 0.4) is 0 Å². The number of aryl methyl sites for hydroxylation is 2. The largest absolute Gasteiger partial charge is 0.457 e. The van der Waals surface area contributed by atoms with E-state index in [-0.39, 0.29) is 0 Å². The van der Waals surface area contributed by atoms with Crippen LogP contribution >= 0.6 is 15.9 Å². The highest BCUT2D eigenvalue weighted by molar-refractivity contribution is 9.10. The van der Waals surface area contributed by atoms with E-state index < -0.39 is 0 Å². The topological polar surface area (TPSA) is 35.2 Å². The Labute approximate surface area is 116 Å². The van der Waals surface area contributed by atoms with Gasteiger partial charge in [-0.05, 0) is 60.9 Å². The molecule has 2 N–H and O–H groups in total. The minimum Gasteiger partial charge on any atom is -0.457 e. The van der Waals surface area contributed by atoms with Crippen molar-refractivity contribution >= 4 is 15.9 Å². The van der Waals surface area contributed by atoms with Crippen LogP contribution in [0.15, 0.2) is 40.9 Å². The van der Waals surface area contributed by atoms with Crippen molar-refractivity contribution in [1.82, 2.24) is 0 Å². The van der Waals surface area contributed by atoms with E-state index in [0.29, 0.717) is 6.54 Å². The van der Waals surface area contributed by atoms with E-state index in [0.717, 1.165) is 32.7 Å². The second-order valence-corrected chi connectivity index (χ2v) is 5.16. The molecule has 2 aromatic rings. The molecule has 0 atom stereocenters. The molecular formula is C15H16BrNO. The zero-order valence-corrected chi connectivity index (χ0v) is 12.1. The molecule has 0 heterocycles. The summed E-state index contributed by atoms with van der Waals surface area (Å²) in [6.45, 7) is 4.64. The first-order valence-electron chi connectivity index (χ1n) is 5.84. The fourth-order valence-corrected chi connectivity index (χ4v) is 2.02. The second kappa shape index (κ2) is 5.55. The van der Waals surface area contributed by atoms with E-state index in [1.807, 2.05) is 50.2 Å². The standard InChI is InChI=1S/C15H16BrNO/c1-10-7-13(4-3-12(10)9-17)18-14-5-6-15(16)11(2)8-14/h3-8H,9,17H2,1-2H3. The van der Waals surface area contributed by atoms with Gasteiger partial charge in [0.1, 0.15) is 11.5 Å². The van der Waals surface area contributed by atoms with Crippen LogP contribution < -0.4 is 10.5 Å². The second-order valence-electron chi connectivity index (χ2n) is 4.31. The van der Waals surface area contributed by atoms with E-state index >= 15 is 0 Å². The Balaban J connectivity index is 2.23. The lowest BCUT2D eigenvalue weighted by molar-refractivity contribution is 0.481. The summed E-state index contributed by atoms with van der Waals surface area (Å²) in [5.41, 5.74) is 9.10. The molecule has 3 heteroatoms. The number of hydrogen-bond acceptors (Lipinski definition) is 2. The first kappa shape index (κ1) is 13.1. The summed E-state index contributed by atoms with van der Waals surface area (Å²) in [7, 11) is 0. The highest BCUT2D eigenvalue weighted by Gasteiger charge is 2.02. The number of hydrogen-bond donors (Lipinski definition) is 1. The summed E-state index contributed by atoms with van der Waals surface area (Å²) in [6, 6.07) is 11.9. The molecular weight excluding hydrogens is 290 g/mol. The van der Waals surface area contributed by atoms with Gasteiger partial charge in [-0.25, -0.2) is 0 Å². The van der Waals surface area contributed by atoms with Gasteiger partial charge in [-0.2, -0.15) is 0 Å². The van der Waals surface area contributed by atoms with Crippen molar-refractivity contribution in [2.45, 2.75) is 20.4 Å². The number of nitrogens with two attached hydrogens (primary N) is 1. The van der Waals surface area contributed by atoms with Crippen LogP contribution in [0.5, 0.6) is 11.5 Å². The zero-order chi connectivity index (χ0) is 13.1. The molecule has 2 nitrogen and oxygen atoms in total. The minimum absolute atomic E-state index is 0.559. The van der Waals surface area contributed by atoms with Crippen LogP contribution in [-0.2, 0) is 6.54 Å². The Hall–Kier alpha value is -1.32. The summed E-state index contributed by atoms with van der Waals surface area (Å²) in [5.74, 6) is 1.68. The molecule has 0 aliphatic carbocycles. The molecule has 0 fully saturated rings. The first-order chi connectivity index (χ1) is 8.60. The van der Waals surface area contributed by atoms with Gasteiger partial charge in [0.15, 0.2) is 0 Å². The smallest absolute Gasteiger partial charge is 0.127 e. The van der Waals surface area contributed by atoms with Crippen molar-refractivity contribution in [3.63, 3.8) is 0 Å². The van der Waals surface area contributed by atoms with E-state index in [4.69, 9.17) is 10.5 Å². The molecule has 0 aliphatic rings. The Kier molecular flexibility index (Phi) is 4.04. The van der Waals surface area contributed by atoms with Gasteiger partial charge in [0, 0.05) is 11.0 Å². The average molecular weight is 306 g/mol. The van der Waals surface area contributed by atoms with Gasteiger partial charge in [0.2, 0.25) is 0 Å². The van der Waals surface area contributed by atoms with Crippen LogP contribution in [0.25, 0.3) is 0 Å². The Morgan fingerprint density at radius 1 is 1.00 bits per heavy atom. The number of rotatable bonds is 3. The summed E-state index contributed by atoms with van der Waals surface area (Å²) < 4.78 is 6.92. The van der Waals surface area contributed by atoms with Gasteiger partial charge in [-0.15, -0.1) is 0 Å². The molecule has 0 aliphatic heterocycles. The van der Waals surface area contributed by atoms with Gasteiger partial charge in [0.05, 0.1) is 0 Å². The fraction of sp³-hybridized carbons (Fsp3) is 0.200. The number of ether oxygens (including phenoxy) is 1. The van der Waals surface area contributed by atoms with Crippen LogP contribution in [0, 0.1) is 13.8 Å². The monoisotopic (exact) mass is 305 g/mol. The minimum atomic E-state index is 0.559. The van der Waals surface area contributed by atoms with E-state index in [9.17, 15) is 0 Å². The van der Waals surface area contributed by atoms with Crippen LogP contribution in [0.2, 0.25) is 0 Å². The number of halogens is 1. The van der Waals surface area contributed by atoms with Crippen molar-refractivity contribution in [2.24, 2.45) is 5.73 Å². The van der Waals surface area contributed by atoms with E-state index in [1.54, 1.807) is 0 Å². The molecule has 0 spiro atoms. The van der Waals surface area contributed by atoms with Crippen molar-refractivity contribution in [3.05, 3.63) is 57.6 Å². The quantitative estimate of drug-likeness (QED) is 0.916. The van der Waals surface area contributed by atoms with E-state index in [1.165, 1.54) is 0 Å². The van der Waals surface area contributed by atoms with Gasteiger partial charge in [-0.3, -0.25) is 0 Å². The molecule has 0 amide bonds. The predicted molar refractivity (Wildman–Crippen MR) is 78.0 cm³/mol. The van der Waals surface area contributed by atoms with Gasteiger partial charge >= 0.3 is 0 Å². The summed E-state index contributed by atoms with van der Waals surface area (Å²) >= 11 is 3.48. The molecule has 0 bridgehead atoms. The molecule has 0 saturated carbocycles. The third-order valence-corrected chi connectivity index (χ3v) is 3.79. The SMILES string of the molecule is Cc1cc(Oc2ccc(CN)c(C)c2)ccc1Br. The Bertz CT molecular complexity index is 566.